The molecule has 0 aromatic carbocycles. The van der Waals surface area contributed by atoms with E-state index in [1.807, 2.05) is 0 Å². The summed E-state index contributed by atoms with van der Waals surface area (Å²) >= 11 is 0. The number of aliphatic hydroxyl groups is 2. The molecule has 0 spiro atoms. The van der Waals surface area contributed by atoms with Gasteiger partial charge in [0, 0.05) is 22.3 Å². The fraction of sp³-hybridized carbons (Fsp3) is 0.933. The fourth-order valence-corrected chi connectivity index (χ4v) is 2.26. The molecule has 0 aromatic rings. The molecule has 0 radical (unpaired) electrons. The molecule has 0 aliphatic rings. The molecule has 0 rings (SSSR count). The number of aliphatic hydroxyl groups excluding tert-OH is 2. The Morgan fingerprint density at radius 1 is 0.926 bits per heavy atom. The molecule has 2 N–H and O–H groups in total. The number of carboxylic acid groups (broad SMARTS) is 1. The van der Waals surface area contributed by atoms with Crippen molar-refractivity contribution in [3.8, 4) is 0 Å². The van der Waals surface area contributed by atoms with Gasteiger partial charge >= 0.3 is 88.7 Å². The first-order chi connectivity index (χ1) is 11.1. The van der Waals surface area contributed by atoms with Gasteiger partial charge in [-0.1, -0.05) is 58.3 Å². The van der Waals surface area contributed by atoms with Gasteiger partial charge in [0.2, 0.25) is 0 Å². The summed E-state index contributed by atoms with van der Waals surface area (Å²) in [6.45, 7) is 1.81. The summed E-state index contributed by atoms with van der Waals surface area (Å²) in [6.07, 6.45) is 9.03. The first-order valence-corrected chi connectivity index (χ1v) is 9.61. The van der Waals surface area contributed by atoms with E-state index in [0.29, 0.717) is 6.42 Å². The Kier molecular flexibility index (Phi) is 38.7. The van der Waals surface area contributed by atoms with Gasteiger partial charge in [0.05, 0.1) is 12.7 Å². The van der Waals surface area contributed by atoms with Crippen molar-refractivity contribution in [3.05, 3.63) is 0 Å². The van der Waals surface area contributed by atoms with Gasteiger partial charge < -0.3 is 29.2 Å². The van der Waals surface area contributed by atoms with Crippen LogP contribution in [-0.4, -0.2) is 46.4 Å². The predicted molar refractivity (Wildman–Crippen MR) is 83.9 cm³/mol. The summed E-state index contributed by atoms with van der Waals surface area (Å²) in [4.78, 5) is 10.9. The molecule has 12 heteroatoms. The molecule has 2 unspecified atom stereocenters. The molecule has 0 heterocycles. The molecule has 8 nitrogen and oxygen atoms in total. The second-order valence-electron chi connectivity index (χ2n) is 5.76. The van der Waals surface area contributed by atoms with Gasteiger partial charge in [0.1, 0.15) is 0 Å². The van der Waals surface area contributed by atoms with Crippen LogP contribution in [-0.2, 0) is 15.2 Å². The molecule has 0 aromatic heterocycles. The predicted octanol–water partition coefficient (Wildman–Crippen LogP) is -8.70. The minimum absolute atomic E-state index is 0. The van der Waals surface area contributed by atoms with Crippen LogP contribution in [0.4, 0.5) is 0 Å². The van der Waals surface area contributed by atoms with Gasteiger partial charge in [-0.2, -0.15) is 0 Å². The van der Waals surface area contributed by atoms with E-state index >= 15 is 0 Å². The molecule has 0 fully saturated rings. The van der Waals surface area contributed by atoms with Crippen LogP contribution >= 0.6 is 0 Å². The van der Waals surface area contributed by atoms with Crippen LogP contribution in [0.25, 0.3) is 0 Å². The molecule has 2 atom stereocenters. The molecule has 146 valence electrons. The SMILES string of the molecule is CCCCCCCCCCC(CC(O)CO)C(=O)[O-].O=S(=O)([O-])[O-].[Na+].[Na+].[Na+]. The Balaban J connectivity index is -0.000000178. The summed E-state index contributed by atoms with van der Waals surface area (Å²) in [5.74, 6) is -1.75. The number of carbonyl (C=O) groups is 1. The normalized spacial score (nSPS) is 12.2. The van der Waals surface area contributed by atoms with E-state index in [1.54, 1.807) is 0 Å². The maximum absolute atomic E-state index is 10.9. The number of hydrogen-bond acceptors (Lipinski definition) is 8. The fourth-order valence-electron chi connectivity index (χ4n) is 2.26. The van der Waals surface area contributed by atoms with Crippen molar-refractivity contribution >= 4 is 16.4 Å². The Bertz CT molecular complexity index is 402. The van der Waals surface area contributed by atoms with Crippen molar-refractivity contribution in [2.75, 3.05) is 6.61 Å². The maximum Gasteiger partial charge on any atom is 1.00 e. The van der Waals surface area contributed by atoms with E-state index in [4.69, 9.17) is 22.6 Å². The van der Waals surface area contributed by atoms with E-state index in [1.165, 1.54) is 32.1 Å². The van der Waals surface area contributed by atoms with E-state index in [2.05, 4.69) is 6.92 Å². The van der Waals surface area contributed by atoms with Crippen LogP contribution in [0.3, 0.4) is 0 Å². The van der Waals surface area contributed by atoms with Crippen LogP contribution < -0.4 is 93.8 Å². The van der Waals surface area contributed by atoms with E-state index in [-0.39, 0.29) is 102 Å². The average molecular weight is 438 g/mol. The van der Waals surface area contributed by atoms with Crippen molar-refractivity contribution in [1.29, 1.82) is 0 Å². The Hall–Kier alpha value is 2.26. The number of hydrogen-bond donors (Lipinski definition) is 2. The van der Waals surface area contributed by atoms with Crippen LogP contribution in [0.15, 0.2) is 0 Å². The zero-order chi connectivity index (χ0) is 19.0. The monoisotopic (exact) mass is 438 g/mol. The quantitative estimate of drug-likeness (QED) is 0.124. The van der Waals surface area contributed by atoms with Crippen LogP contribution in [0, 0.1) is 5.92 Å². The molecule has 27 heavy (non-hydrogen) atoms. The molecular formula is C15H29Na3O8S. The number of aliphatic carboxylic acids is 1. The second kappa shape index (κ2) is 26.3. The summed E-state index contributed by atoms with van der Waals surface area (Å²) < 4.78 is 34.1. The second-order valence-corrected chi connectivity index (χ2v) is 6.58. The first kappa shape index (κ1) is 39.7. The minimum atomic E-state index is -5.17. The summed E-state index contributed by atoms with van der Waals surface area (Å²) in [5.41, 5.74) is 0. The third kappa shape index (κ3) is 39.3. The minimum Gasteiger partial charge on any atom is -0.759 e. The average Bonchev–Trinajstić information content (AvgIpc) is 2.46. The number of unbranched alkanes of at least 4 members (excludes halogenated alkanes) is 7. The smallest absolute Gasteiger partial charge is 0.759 e. The van der Waals surface area contributed by atoms with E-state index in [0.717, 1.165) is 19.3 Å². The summed E-state index contributed by atoms with van der Waals surface area (Å²) in [5, 5.41) is 28.9. The van der Waals surface area contributed by atoms with Gasteiger partial charge in [-0.15, -0.1) is 0 Å². The van der Waals surface area contributed by atoms with Crippen LogP contribution in [0.2, 0.25) is 0 Å². The number of carboxylic acids is 1. The van der Waals surface area contributed by atoms with Gasteiger partial charge in [0.15, 0.2) is 0 Å². The van der Waals surface area contributed by atoms with Crippen molar-refractivity contribution in [3.63, 3.8) is 0 Å². The third-order valence-electron chi connectivity index (χ3n) is 3.51. The third-order valence-corrected chi connectivity index (χ3v) is 3.51. The van der Waals surface area contributed by atoms with Crippen molar-refractivity contribution < 1.29 is 126 Å². The van der Waals surface area contributed by atoms with Crippen LogP contribution in [0.5, 0.6) is 0 Å². The Morgan fingerprint density at radius 3 is 1.63 bits per heavy atom. The molecule has 0 bridgehead atoms. The van der Waals surface area contributed by atoms with Crippen molar-refractivity contribution in [1.82, 2.24) is 0 Å². The molecule has 0 amide bonds. The van der Waals surface area contributed by atoms with Gasteiger partial charge in [-0.25, -0.2) is 0 Å². The topological polar surface area (TPSA) is 161 Å². The van der Waals surface area contributed by atoms with Gasteiger partial charge in [-0.3, -0.25) is 8.42 Å². The standard InChI is InChI=1S/C15H30O4.3Na.H2O4S/c1-2-3-4-5-6-7-8-9-10-13(15(18)19)11-14(17)12-16;;;;1-5(2,3)4/h13-14,16-17H,2-12H2,1H3,(H,18,19);;;;(H2,1,2,3,4)/q;3*+1;/p-3. The maximum atomic E-state index is 10.9. The molecule has 0 aliphatic carbocycles. The number of rotatable bonds is 13. The molecule has 0 saturated heterocycles. The molecular weight excluding hydrogens is 409 g/mol. The van der Waals surface area contributed by atoms with Crippen molar-refractivity contribution in [2.24, 2.45) is 5.92 Å². The first-order valence-electron chi connectivity index (χ1n) is 8.28. The molecule has 0 saturated carbocycles. The summed E-state index contributed by atoms with van der Waals surface area (Å²) in [7, 11) is -5.17. The number of carbonyl (C=O) groups excluding carboxylic acids is 1. The molecule has 0 aliphatic heterocycles. The van der Waals surface area contributed by atoms with Gasteiger partial charge in [0.25, 0.3) is 0 Å². The zero-order valence-corrected chi connectivity index (χ0v) is 24.0. The van der Waals surface area contributed by atoms with Crippen LogP contribution in [0.1, 0.15) is 71.1 Å². The van der Waals surface area contributed by atoms with Gasteiger partial charge in [-0.05, 0) is 12.8 Å². The Morgan fingerprint density at radius 2 is 1.30 bits per heavy atom. The Labute approximate surface area is 229 Å². The van der Waals surface area contributed by atoms with E-state index in [9.17, 15) is 15.0 Å². The summed E-state index contributed by atoms with van der Waals surface area (Å²) in [6, 6.07) is 0. The van der Waals surface area contributed by atoms with Crippen molar-refractivity contribution in [2.45, 2.75) is 77.2 Å². The zero-order valence-electron chi connectivity index (χ0n) is 17.2. The van der Waals surface area contributed by atoms with E-state index < -0.39 is 28.4 Å². The largest absolute Gasteiger partial charge is 1.00 e.